The molecule has 0 aliphatic heterocycles. The van der Waals surface area contributed by atoms with E-state index in [1.54, 1.807) is 6.07 Å². The predicted octanol–water partition coefficient (Wildman–Crippen LogP) is 3.06. The van der Waals surface area contributed by atoms with E-state index in [-0.39, 0.29) is 0 Å². The summed E-state index contributed by atoms with van der Waals surface area (Å²) >= 11 is 2.06. The summed E-state index contributed by atoms with van der Waals surface area (Å²) < 4.78 is 0. The molecule has 0 saturated heterocycles. The molecule has 96 valence electrons. The maximum absolute atomic E-state index is 8.89. The third kappa shape index (κ3) is 2.97. The standard InChI is InChI=1S/C14H19N3S/c1-3-18-13-8-7-12(9-13)17(2)14-6-4-5-11(10-15)16-14/h4-6,12-13H,3,7-9H2,1-2H3. The van der Waals surface area contributed by atoms with E-state index < -0.39 is 0 Å². The van der Waals surface area contributed by atoms with Crippen LogP contribution in [0.2, 0.25) is 0 Å². The van der Waals surface area contributed by atoms with Crippen molar-refractivity contribution < 1.29 is 0 Å². The van der Waals surface area contributed by atoms with Crippen LogP contribution in [-0.4, -0.2) is 29.1 Å². The Morgan fingerprint density at radius 2 is 2.33 bits per heavy atom. The quantitative estimate of drug-likeness (QED) is 0.835. The highest BCUT2D eigenvalue weighted by Gasteiger charge is 2.28. The fraction of sp³-hybridized carbons (Fsp3) is 0.571. The zero-order valence-electron chi connectivity index (χ0n) is 11.0. The van der Waals surface area contributed by atoms with Crippen LogP contribution in [0.3, 0.4) is 0 Å². The summed E-state index contributed by atoms with van der Waals surface area (Å²) in [6.07, 6.45) is 3.76. The molecule has 1 aliphatic carbocycles. The van der Waals surface area contributed by atoms with E-state index in [1.165, 1.54) is 25.0 Å². The summed E-state index contributed by atoms with van der Waals surface area (Å²) in [7, 11) is 2.09. The monoisotopic (exact) mass is 261 g/mol. The normalized spacial score (nSPS) is 22.7. The maximum atomic E-state index is 8.89. The van der Waals surface area contributed by atoms with Crippen molar-refractivity contribution >= 4 is 17.6 Å². The Balaban J connectivity index is 2.03. The van der Waals surface area contributed by atoms with Crippen LogP contribution in [0.1, 0.15) is 31.9 Å². The van der Waals surface area contributed by atoms with Gasteiger partial charge in [0.15, 0.2) is 0 Å². The average molecular weight is 261 g/mol. The van der Waals surface area contributed by atoms with Crippen LogP contribution in [0.15, 0.2) is 18.2 Å². The SMILES string of the molecule is CCSC1CCC(N(C)c2cccc(C#N)n2)C1. The summed E-state index contributed by atoms with van der Waals surface area (Å²) in [6, 6.07) is 8.31. The van der Waals surface area contributed by atoms with Crippen molar-refractivity contribution in [2.45, 2.75) is 37.5 Å². The minimum absolute atomic E-state index is 0.497. The molecule has 1 aromatic rings. The van der Waals surface area contributed by atoms with Crippen molar-refractivity contribution in [2.24, 2.45) is 0 Å². The van der Waals surface area contributed by atoms with Crippen LogP contribution in [0, 0.1) is 11.3 Å². The zero-order valence-corrected chi connectivity index (χ0v) is 11.8. The summed E-state index contributed by atoms with van der Waals surface area (Å²) in [5, 5.41) is 9.68. The van der Waals surface area contributed by atoms with E-state index in [9.17, 15) is 0 Å². The van der Waals surface area contributed by atoms with Gasteiger partial charge in [0.05, 0.1) is 0 Å². The third-order valence-electron chi connectivity index (χ3n) is 3.52. The molecule has 1 aromatic heterocycles. The lowest BCUT2D eigenvalue weighted by Gasteiger charge is -2.25. The second-order valence-corrected chi connectivity index (χ2v) is 6.23. The first-order chi connectivity index (χ1) is 8.74. The fourth-order valence-corrected chi connectivity index (χ4v) is 3.66. The summed E-state index contributed by atoms with van der Waals surface area (Å²) in [4.78, 5) is 6.60. The predicted molar refractivity (Wildman–Crippen MR) is 76.9 cm³/mol. The summed E-state index contributed by atoms with van der Waals surface area (Å²) in [5.74, 6) is 2.12. The van der Waals surface area contributed by atoms with Gasteiger partial charge in [-0.2, -0.15) is 17.0 Å². The molecule has 1 heterocycles. The number of thioether (sulfide) groups is 1. The number of pyridine rings is 1. The molecule has 2 rings (SSSR count). The van der Waals surface area contributed by atoms with Crippen molar-refractivity contribution in [1.82, 2.24) is 4.98 Å². The molecule has 0 radical (unpaired) electrons. The van der Waals surface area contributed by atoms with Crippen molar-refractivity contribution in [1.29, 1.82) is 5.26 Å². The minimum Gasteiger partial charge on any atom is -0.357 e. The Morgan fingerprint density at radius 3 is 3.06 bits per heavy atom. The van der Waals surface area contributed by atoms with Gasteiger partial charge in [0.2, 0.25) is 0 Å². The number of nitrogens with zero attached hydrogens (tertiary/aromatic N) is 3. The first-order valence-corrected chi connectivity index (χ1v) is 7.51. The highest BCUT2D eigenvalue weighted by atomic mass is 32.2. The van der Waals surface area contributed by atoms with Gasteiger partial charge in [-0.1, -0.05) is 13.0 Å². The average Bonchev–Trinajstić information content (AvgIpc) is 2.87. The van der Waals surface area contributed by atoms with Gasteiger partial charge in [0.1, 0.15) is 17.6 Å². The zero-order chi connectivity index (χ0) is 13.0. The number of rotatable bonds is 4. The Kier molecular flexibility index (Phi) is 4.48. The van der Waals surface area contributed by atoms with E-state index in [0.29, 0.717) is 11.7 Å². The summed E-state index contributed by atoms with van der Waals surface area (Å²) in [5.41, 5.74) is 0.497. The van der Waals surface area contributed by atoms with Crippen molar-refractivity contribution in [3.8, 4) is 6.07 Å². The first-order valence-electron chi connectivity index (χ1n) is 6.46. The smallest absolute Gasteiger partial charge is 0.142 e. The topological polar surface area (TPSA) is 39.9 Å². The molecule has 1 aliphatic rings. The minimum atomic E-state index is 0.497. The molecule has 2 atom stereocenters. The van der Waals surface area contributed by atoms with Crippen LogP contribution in [-0.2, 0) is 0 Å². The Morgan fingerprint density at radius 1 is 1.50 bits per heavy atom. The Bertz CT molecular complexity index is 441. The fourth-order valence-electron chi connectivity index (χ4n) is 2.53. The number of aromatic nitrogens is 1. The maximum Gasteiger partial charge on any atom is 0.142 e. The van der Waals surface area contributed by atoms with Gasteiger partial charge in [-0.25, -0.2) is 4.98 Å². The molecule has 4 heteroatoms. The largest absolute Gasteiger partial charge is 0.357 e. The molecule has 0 aromatic carbocycles. The molecular weight excluding hydrogens is 242 g/mol. The molecule has 1 fully saturated rings. The van der Waals surface area contributed by atoms with Gasteiger partial charge in [0.25, 0.3) is 0 Å². The Labute approximate surface area is 113 Å². The molecule has 0 bridgehead atoms. The van der Waals surface area contributed by atoms with E-state index in [0.717, 1.165) is 11.1 Å². The molecule has 0 N–H and O–H groups in total. The second-order valence-electron chi connectivity index (χ2n) is 4.65. The third-order valence-corrected chi connectivity index (χ3v) is 4.75. The van der Waals surface area contributed by atoms with Crippen molar-refractivity contribution in [3.63, 3.8) is 0 Å². The van der Waals surface area contributed by atoms with Crippen LogP contribution in [0.25, 0.3) is 0 Å². The number of anilines is 1. The van der Waals surface area contributed by atoms with E-state index >= 15 is 0 Å². The van der Waals surface area contributed by atoms with Crippen LogP contribution < -0.4 is 4.90 Å². The lowest BCUT2D eigenvalue weighted by Crippen LogP contribution is -2.30. The van der Waals surface area contributed by atoms with E-state index in [4.69, 9.17) is 5.26 Å². The summed E-state index contributed by atoms with van der Waals surface area (Å²) in [6.45, 7) is 2.22. The van der Waals surface area contributed by atoms with Crippen molar-refractivity contribution in [3.05, 3.63) is 23.9 Å². The number of hydrogen-bond acceptors (Lipinski definition) is 4. The molecule has 2 unspecified atom stereocenters. The Hall–Kier alpha value is -1.21. The first kappa shape index (κ1) is 13.2. The highest BCUT2D eigenvalue weighted by molar-refractivity contribution is 7.99. The lowest BCUT2D eigenvalue weighted by molar-refractivity contribution is 0.647. The lowest BCUT2D eigenvalue weighted by atomic mass is 10.2. The van der Waals surface area contributed by atoms with Crippen molar-refractivity contribution in [2.75, 3.05) is 17.7 Å². The van der Waals surface area contributed by atoms with Crippen LogP contribution in [0.4, 0.5) is 5.82 Å². The number of hydrogen-bond donors (Lipinski definition) is 0. The van der Waals surface area contributed by atoms with E-state index in [2.05, 4.69) is 41.7 Å². The van der Waals surface area contributed by atoms with E-state index in [1.807, 2.05) is 12.1 Å². The molecule has 0 amide bonds. The van der Waals surface area contributed by atoms with Crippen LogP contribution in [0.5, 0.6) is 0 Å². The van der Waals surface area contributed by atoms with Gasteiger partial charge in [-0.15, -0.1) is 0 Å². The van der Waals surface area contributed by atoms with Gasteiger partial charge in [-0.05, 0) is 37.1 Å². The highest BCUT2D eigenvalue weighted by Crippen LogP contribution is 2.33. The molecule has 1 saturated carbocycles. The number of nitriles is 1. The van der Waals surface area contributed by atoms with Gasteiger partial charge in [-0.3, -0.25) is 0 Å². The second kappa shape index (κ2) is 6.10. The van der Waals surface area contributed by atoms with Gasteiger partial charge >= 0.3 is 0 Å². The molecule has 0 spiro atoms. The molecule has 18 heavy (non-hydrogen) atoms. The molecular formula is C14H19N3S. The van der Waals surface area contributed by atoms with Gasteiger partial charge in [0, 0.05) is 18.3 Å². The van der Waals surface area contributed by atoms with Gasteiger partial charge < -0.3 is 4.90 Å². The molecule has 3 nitrogen and oxygen atoms in total. The van der Waals surface area contributed by atoms with Crippen LogP contribution >= 0.6 is 11.8 Å².